The average molecular weight is 629 g/mol. The Morgan fingerprint density at radius 1 is 1.07 bits per heavy atom. The summed E-state index contributed by atoms with van der Waals surface area (Å²) in [5.74, 6) is -0.681. The lowest BCUT2D eigenvalue weighted by molar-refractivity contribution is -0.137. The van der Waals surface area contributed by atoms with E-state index >= 15 is 0 Å². The fourth-order valence-electron chi connectivity index (χ4n) is 6.18. The van der Waals surface area contributed by atoms with Crippen LogP contribution in [0, 0.1) is 0 Å². The van der Waals surface area contributed by atoms with Crippen molar-refractivity contribution in [2.45, 2.75) is 62.7 Å². The van der Waals surface area contributed by atoms with Crippen molar-refractivity contribution in [2.24, 2.45) is 5.73 Å². The molecule has 2 aromatic heterocycles. The molecule has 0 bridgehead atoms. The van der Waals surface area contributed by atoms with Gasteiger partial charge in [-0.1, -0.05) is 60.7 Å². The molecule has 0 aliphatic carbocycles. The van der Waals surface area contributed by atoms with Crippen molar-refractivity contribution < 1.29 is 24.5 Å². The molecule has 0 radical (unpaired) electrons. The maximum absolute atomic E-state index is 13.8. The molecule has 0 spiro atoms. The van der Waals surface area contributed by atoms with Crippen LogP contribution in [-0.4, -0.2) is 96.5 Å². The highest BCUT2D eigenvalue weighted by molar-refractivity contribution is 5.94. The number of carbonyl (C=O) groups excluding carboxylic acids is 2. The number of piperidine rings is 1. The van der Waals surface area contributed by atoms with E-state index in [0.29, 0.717) is 50.4 Å². The first-order chi connectivity index (χ1) is 22.2. The number of rotatable bonds is 9. The second kappa shape index (κ2) is 13.1. The SMILES string of the molecule is CCNC(=O)C1O[C@@H](n2cnc3c(NCC(c4ccccc4)c4ccccc4)nc(C(=O)N4CCC(N)CC4)nc32)[C@@](C)(O)[C@@H]1O. The summed E-state index contributed by atoms with van der Waals surface area (Å²) in [6.07, 6.45) is -1.34. The molecule has 2 aromatic carbocycles. The van der Waals surface area contributed by atoms with Crippen LogP contribution < -0.4 is 16.4 Å². The molecule has 242 valence electrons. The number of ether oxygens (including phenoxy) is 1. The number of likely N-dealkylation sites (tertiary alicyclic amines) is 1. The number of hydrogen-bond acceptors (Lipinski definition) is 10. The van der Waals surface area contributed by atoms with Crippen LogP contribution in [0.15, 0.2) is 67.0 Å². The first-order valence-corrected chi connectivity index (χ1v) is 15.7. The Balaban J connectivity index is 1.40. The molecule has 0 saturated carbocycles. The molecule has 6 N–H and O–H groups in total. The normalized spacial score (nSPS) is 23.6. The first-order valence-electron chi connectivity index (χ1n) is 15.7. The van der Waals surface area contributed by atoms with Gasteiger partial charge in [-0.3, -0.25) is 14.2 Å². The molecule has 2 fully saturated rings. The number of benzene rings is 2. The summed E-state index contributed by atoms with van der Waals surface area (Å²) >= 11 is 0. The summed E-state index contributed by atoms with van der Waals surface area (Å²) in [5, 5.41) is 28.4. The van der Waals surface area contributed by atoms with E-state index in [1.54, 1.807) is 11.8 Å². The third-order valence-corrected chi connectivity index (χ3v) is 8.84. The Morgan fingerprint density at radius 2 is 1.70 bits per heavy atom. The van der Waals surface area contributed by atoms with Crippen LogP contribution >= 0.6 is 0 Å². The number of nitrogens with one attached hydrogen (secondary N) is 2. The van der Waals surface area contributed by atoms with Gasteiger partial charge >= 0.3 is 0 Å². The number of imidazole rings is 1. The zero-order valence-corrected chi connectivity index (χ0v) is 25.9. The number of aromatic nitrogens is 4. The molecular weight excluding hydrogens is 588 g/mol. The smallest absolute Gasteiger partial charge is 0.291 e. The van der Waals surface area contributed by atoms with E-state index < -0.39 is 29.9 Å². The van der Waals surface area contributed by atoms with Crippen LogP contribution in [0.4, 0.5) is 5.82 Å². The number of amides is 2. The number of anilines is 1. The predicted molar refractivity (Wildman–Crippen MR) is 171 cm³/mol. The first kappa shape index (κ1) is 31.5. The number of carbonyl (C=O) groups is 2. The lowest BCUT2D eigenvalue weighted by atomic mass is 9.91. The van der Waals surface area contributed by atoms with Gasteiger partial charge < -0.3 is 36.2 Å². The maximum atomic E-state index is 13.8. The third kappa shape index (κ3) is 6.06. The van der Waals surface area contributed by atoms with Crippen LogP contribution in [-0.2, 0) is 9.53 Å². The second-order valence-corrected chi connectivity index (χ2v) is 12.1. The van der Waals surface area contributed by atoms with Crippen LogP contribution in [0.25, 0.3) is 11.2 Å². The molecule has 4 heterocycles. The lowest BCUT2D eigenvalue weighted by Crippen LogP contribution is -2.48. The van der Waals surface area contributed by atoms with Gasteiger partial charge in [-0.15, -0.1) is 0 Å². The van der Waals surface area contributed by atoms with E-state index in [4.69, 9.17) is 10.5 Å². The van der Waals surface area contributed by atoms with Crippen molar-refractivity contribution in [3.8, 4) is 0 Å². The summed E-state index contributed by atoms with van der Waals surface area (Å²) < 4.78 is 7.40. The van der Waals surface area contributed by atoms with E-state index in [2.05, 4.69) is 49.9 Å². The van der Waals surface area contributed by atoms with Crippen molar-refractivity contribution in [2.75, 3.05) is 31.5 Å². The second-order valence-electron chi connectivity index (χ2n) is 12.1. The van der Waals surface area contributed by atoms with Crippen LogP contribution in [0.2, 0.25) is 0 Å². The van der Waals surface area contributed by atoms with Gasteiger partial charge in [0.25, 0.3) is 11.8 Å². The minimum Gasteiger partial charge on any atom is -0.387 e. The van der Waals surface area contributed by atoms with Gasteiger partial charge in [0.15, 0.2) is 29.3 Å². The van der Waals surface area contributed by atoms with Gasteiger partial charge in [-0.2, -0.15) is 0 Å². The molecule has 46 heavy (non-hydrogen) atoms. The Kier molecular flexibility index (Phi) is 9.00. The molecule has 4 aromatic rings. The lowest BCUT2D eigenvalue weighted by Gasteiger charge is -2.30. The van der Waals surface area contributed by atoms with Crippen LogP contribution in [0.5, 0.6) is 0 Å². The van der Waals surface area contributed by atoms with E-state index in [9.17, 15) is 19.8 Å². The maximum Gasteiger partial charge on any atom is 0.291 e. The minimum atomic E-state index is -1.89. The zero-order valence-electron chi connectivity index (χ0n) is 25.9. The summed E-state index contributed by atoms with van der Waals surface area (Å²) in [6, 6.07) is 20.2. The molecule has 2 aliphatic heterocycles. The van der Waals surface area contributed by atoms with Gasteiger partial charge in [0, 0.05) is 38.1 Å². The number of nitrogens with two attached hydrogens (primary N) is 1. The van der Waals surface area contributed by atoms with Crippen LogP contribution in [0.3, 0.4) is 0 Å². The number of nitrogens with zero attached hydrogens (tertiary/aromatic N) is 5. The van der Waals surface area contributed by atoms with E-state index in [1.165, 1.54) is 17.8 Å². The highest BCUT2D eigenvalue weighted by Gasteiger charge is 2.56. The molecular formula is C33H40N8O5. The summed E-state index contributed by atoms with van der Waals surface area (Å²) in [4.78, 5) is 42.0. The summed E-state index contributed by atoms with van der Waals surface area (Å²) in [6.45, 7) is 4.85. The molecule has 6 rings (SSSR count). The highest BCUT2D eigenvalue weighted by atomic mass is 16.6. The van der Waals surface area contributed by atoms with Gasteiger partial charge in [-0.05, 0) is 37.8 Å². The quantitative estimate of drug-likeness (QED) is 0.183. The molecule has 2 amide bonds. The van der Waals surface area contributed by atoms with Crippen molar-refractivity contribution >= 4 is 28.8 Å². The fourth-order valence-corrected chi connectivity index (χ4v) is 6.18. The number of likely N-dealkylation sites (N-methyl/N-ethyl adjacent to an activating group) is 1. The number of aliphatic hydroxyl groups excluding tert-OH is 1. The molecule has 13 heteroatoms. The van der Waals surface area contributed by atoms with E-state index in [1.807, 2.05) is 36.4 Å². The number of fused-ring (bicyclic) bond motifs is 1. The summed E-state index contributed by atoms with van der Waals surface area (Å²) in [5.41, 5.74) is 6.94. The highest BCUT2D eigenvalue weighted by Crippen LogP contribution is 2.40. The summed E-state index contributed by atoms with van der Waals surface area (Å²) in [7, 11) is 0. The monoisotopic (exact) mass is 628 g/mol. The molecule has 4 atom stereocenters. The fraction of sp³-hybridized carbons (Fsp3) is 0.424. The van der Waals surface area contributed by atoms with Crippen molar-refractivity contribution in [3.63, 3.8) is 0 Å². The topological polar surface area (TPSA) is 181 Å². The molecule has 1 unspecified atom stereocenters. The van der Waals surface area contributed by atoms with Gasteiger partial charge in [0.1, 0.15) is 11.7 Å². The third-order valence-electron chi connectivity index (χ3n) is 8.84. The number of hydrogen-bond donors (Lipinski definition) is 5. The predicted octanol–water partition coefficient (Wildman–Crippen LogP) is 1.78. The zero-order chi connectivity index (χ0) is 32.4. The van der Waals surface area contributed by atoms with Crippen LogP contribution in [0.1, 0.15) is 60.6 Å². The largest absolute Gasteiger partial charge is 0.387 e. The molecule has 2 aliphatic rings. The standard InChI is InChI=1S/C33H40N8O5/c1-3-35-30(43)25-26(42)33(2,45)32(46-25)41-19-37-24-27(38-28(39-29(24)41)31(44)40-16-14-22(34)15-17-40)36-18-23(20-10-6-4-7-11-20)21-12-8-5-9-13-21/h4-13,19,22-23,25-26,32,42,45H,3,14-18,34H2,1-2H3,(H,35,43)(H,36,38,39)/t25?,26-,32-,33+/m1/s1. The van der Waals surface area contributed by atoms with Gasteiger partial charge in [0.05, 0.1) is 6.33 Å². The van der Waals surface area contributed by atoms with E-state index in [0.717, 1.165) is 11.1 Å². The Morgan fingerprint density at radius 3 is 2.30 bits per heavy atom. The van der Waals surface area contributed by atoms with Crippen molar-refractivity contribution in [3.05, 3.63) is 83.9 Å². The van der Waals surface area contributed by atoms with Crippen molar-refractivity contribution in [1.82, 2.24) is 29.7 Å². The Labute approximate surface area is 266 Å². The van der Waals surface area contributed by atoms with Crippen molar-refractivity contribution in [1.29, 1.82) is 0 Å². The molecule has 13 nitrogen and oxygen atoms in total. The molecule has 2 saturated heterocycles. The van der Waals surface area contributed by atoms with Gasteiger partial charge in [0.2, 0.25) is 5.82 Å². The van der Waals surface area contributed by atoms with E-state index in [-0.39, 0.29) is 29.3 Å². The number of aliphatic hydroxyl groups is 2. The Bertz CT molecular complexity index is 1630. The minimum absolute atomic E-state index is 0.0324. The van der Waals surface area contributed by atoms with Gasteiger partial charge in [-0.25, -0.2) is 15.0 Å². The average Bonchev–Trinajstić information content (AvgIpc) is 3.59. The Hall–Kier alpha value is -4.43.